The van der Waals surface area contributed by atoms with Gasteiger partial charge >= 0.3 is 17.9 Å². The molecule has 11 heteroatoms. The van der Waals surface area contributed by atoms with Crippen LogP contribution in [0, 0.1) is 11.7 Å². The summed E-state index contributed by atoms with van der Waals surface area (Å²) in [7, 11) is 0. The minimum absolute atomic E-state index is 0.225. The van der Waals surface area contributed by atoms with Gasteiger partial charge in [-0.25, -0.2) is 19.1 Å². The van der Waals surface area contributed by atoms with E-state index in [1.165, 1.54) is 4.68 Å². The van der Waals surface area contributed by atoms with Crippen LogP contribution in [-0.4, -0.2) is 57.2 Å². The molecule has 4 atom stereocenters. The maximum Gasteiger partial charge on any atom is 0.338 e. The third-order valence-electron chi connectivity index (χ3n) is 8.55. The Labute approximate surface area is 304 Å². The zero-order valence-electron chi connectivity index (χ0n) is 28.0. The van der Waals surface area contributed by atoms with Crippen LogP contribution in [0.3, 0.4) is 0 Å². The highest BCUT2D eigenvalue weighted by Crippen LogP contribution is 2.37. The zero-order valence-corrected chi connectivity index (χ0v) is 28.8. The minimum atomic E-state index is -1.28. The highest BCUT2D eigenvalue weighted by atomic mass is 32.1. The third kappa shape index (κ3) is 7.32. The van der Waals surface area contributed by atoms with Gasteiger partial charge in [0.2, 0.25) is 4.77 Å². The highest BCUT2D eigenvalue weighted by Gasteiger charge is 2.52. The molecule has 0 bridgehead atoms. The van der Waals surface area contributed by atoms with Gasteiger partial charge in [0.15, 0.2) is 24.3 Å². The molecule has 0 N–H and O–H groups in total. The summed E-state index contributed by atoms with van der Waals surface area (Å²) >= 11 is 6.08. The van der Waals surface area contributed by atoms with E-state index in [2.05, 4.69) is 0 Å². The van der Waals surface area contributed by atoms with Crippen LogP contribution in [0.1, 0.15) is 42.9 Å². The van der Waals surface area contributed by atoms with Gasteiger partial charge in [0, 0.05) is 11.3 Å². The Hall–Kier alpha value is -6.17. The lowest BCUT2D eigenvalue weighted by Gasteiger charge is -2.24. The van der Waals surface area contributed by atoms with Gasteiger partial charge in [0.1, 0.15) is 12.7 Å². The number of carbonyl (C=O) groups excluding carboxylic acids is 3. The Morgan fingerprint density at radius 3 is 1.67 bits per heavy atom. The lowest BCUT2D eigenvalue weighted by atomic mass is 10.1. The first kappa shape index (κ1) is 34.3. The molecule has 2 heterocycles. The van der Waals surface area contributed by atoms with Crippen LogP contribution in [0.5, 0.6) is 0 Å². The largest absolute Gasteiger partial charge is 0.459 e. The van der Waals surface area contributed by atoms with Gasteiger partial charge < -0.3 is 18.9 Å². The van der Waals surface area contributed by atoms with Crippen molar-refractivity contribution in [2.45, 2.75) is 31.5 Å². The number of aromatic nitrogens is 3. The number of hydrogen-bond acceptors (Lipinski definition) is 9. The van der Waals surface area contributed by atoms with Crippen molar-refractivity contribution in [3.05, 3.63) is 173 Å². The number of nitrogens with zero attached hydrogens (tertiary/aromatic N) is 3. The normalized spacial score (nSPS) is 18.0. The first-order valence-electron chi connectivity index (χ1n) is 16.6. The van der Waals surface area contributed by atoms with Crippen LogP contribution < -0.4 is 0 Å². The molecule has 0 amide bonds. The zero-order chi connectivity index (χ0) is 36.0. The molecule has 5 aromatic carbocycles. The molecule has 7 rings (SSSR count). The van der Waals surface area contributed by atoms with Crippen molar-refractivity contribution in [1.29, 1.82) is 0 Å². The Balaban J connectivity index is 1.33. The fraction of sp³-hybridized carbons (Fsp3) is 0.146. The van der Waals surface area contributed by atoms with Gasteiger partial charge in [-0.3, -0.25) is 4.57 Å². The molecule has 52 heavy (non-hydrogen) atoms. The Morgan fingerprint density at radius 1 is 0.654 bits per heavy atom. The molecule has 1 aliphatic rings. The smallest absolute Gasteiger partial charge is 0.338 e. The van der Waals surface area contributed by atoms with Gasteiger partial charge in [0.05, 0.1) is 16.7 Å². The van der Waals surface area contributed by atoms with E-state index in [4.69, 9.17) is 36.3 Å². The molecule has 1 aliphatic heterocycles. The van der Waals surface area contributed by atoms with Crippen molar-refractivity contribution in [1.82, 2.24) is 14.3 Å². The molecule has 0 saturated carbocycles. The Bertz CT molecular complexity index is 2230. The average molecular weight is 712 g/mol. The lowest BCUT2D eigenvalue weighted by Crippen LogP contribution is -2.41. The topological polar surface area (TPSA) is 111 Å². The molecular formula is C41H33N3O7S. The highest BCUT2D eigenvalue weighted by molar-refractivity contribution is 7.71. The summed E-state index contributed by atoms with van der Waals surface area (Å²) in [5, 5.41) is 4.96. The van der Waals surface area contributed by atoms with Crippen molar-refractivity contribution in [3.8, 4) is 17.1 Å². The number of para-hydroxylation sites is 1. The molecule has 0 unspecified atom stereocenters. The second-order valence-electron chi connectivity index (χ2n) is 12.1. The molecule has 0 aliphatic carbocycles. The number of esters is 3. The van der Waals surface area contributed by atoms with E-state index in [9.17, 15) is 14.4 Å². The number of rotatable bonds is 10. The van der Waals surface area contributed by atoms with E-state index < -0.39 is 42.4 Å². The van der Waals surface area contributed by atoms with Crippen LogP contribution in [0.25, 0.3) is 17.1 Å². The van der Waals surface area contributed by atoms with Crippen molar-refractivity contribution in [2.75, 3.05) is 6.61 Å². The molecule has 0 spiro atoms. The monoisotopic (exact) mass is 711 g/mol. The molecule has 1 fully saturated rings. The third-order valence-corrected chi connectivity index (χ3v) is 8.92. The van der Waals surface area contributed by atoms with E-state index in [0.717, 1.165) is 16.8 Å². The van der Waals surface area contributed by atoms with Crippen LogP contribution in [0.4, 0.5) is 0 Å². The van der Waals surface area contributed by atoms with Gasteiger partial charge in [-0.05, 0) is 67.7 Å². The van der Waals surface area contributed by atoms with Crippen molar-refractivity contribution in [2.24, 2.45) is 0 Å². The first-order valence-corrected chi connectivity index (χ1v) is 17.0. The summed E-state index contributed by atoms with van der Waals surface area (Å²) < 4.78 is 28.0. The summed E-state index contributed by atoms with van der Waals surface area (Å²) in [5.74, 6) is -1.47. The second kappa shape index (κ2) is 15.4. The summed E-state index contributed by atoms with van der Waals surface area (Å²) in [6, 6.07) is 42.6. The molecule has 1 saturated heterocycles. The second-order valence-corrected chi connectivity index (χ2v) is 12.5. The Morgan fingerprint density at radius 2 is 1.13 bits per heavy atom. The van der Waals surface area contributed by atoms with Crippen LogP contribution in [0.2, 0.25) is 0 Å². The van der Waals surface area contributed by atoms with Crippen molar-refractivity contribution in [3.63, 3.8) is 0 Å². The van der Waals surface area contributed by atoms with E-state index in [0.29, 0.717) is 11.4 Å². The molecular weight excluding hydrogens is 679 g/mol. The van der Waals surface area contributed by atoms with Gasteiger partial charge in [-0.1, -0.05) is 103 Å². The fourth-order valence-electron chi connectivity index (χ4n) is 5.90. The fourth-order valence-corrected chi connectivity index (χ4v) is 6.24. The van der Waals surface area contributed by atoms with E-state index in [1.54, 1.807) is 95.6 Å². The lowest BCUT2D eigenvalue weighted by molar-refractivity contribution is -0.0679. The summed E-state index contributed by atoms with van der Waals surface area (Å²) in [6.45, 7) is 1.65. The van der Waals surface area contributed by atoms with Crippen LogP contribution in [0.15, 0.2) is 146 Å². The molecule has 260 valence electrons. The SMILES string of the molecule is Cc1ccc(-c2nn([C@@H]3O[C@H](COC(=O)c4ccccc4)[C@@H](OC(=O)c4ccccc4)[C@H]3OC(=O)c3ccccc3)c(=S)n2-c2ccccc2)cc1. The standard InChI is InChI=1S/C41H33N3O7S/c1-27-22-24-28(25-23-27)36-42-44(41(52)43(36)32-20-12-5-13-21-32)37-35(51-40(47)31-18-10-4-11-19-31)34(50-39(46)30-16-8-3-9-17-30)33(49-37)26-48-38(45)29-14-6-2-7-15-29/h2-25,33-35,37H,26H2,1H3/t33-,34-,35-,37-/m1/s1. The van der Waals surface area contributed by atoms with Crippen LogP contribution >= 0.6 is 12.2 Å². The molecule has 1 aromatic heterocycles. The van der Waals surface area contributed by atoms with Gasteiger partial charge in [-0.15, -0.1) is 5.10 Å². The number of benzene rings is 5. The summed E-state index contributed by atoms with van der Waals surface area (Å²) in [6.07, 6.45) is -4.83. The number of hydrogen-bond donors (Lipinski definition) is 0. The quantitative estimate of drug-likeness (QED) is 0.0807. The van der Waals surface area contributed by atoms with Crippen molar-refractivity contribution < 1.29 is 33.3 Å². The summed E-state index contributed by atoms with van der Waals surface area (Å²) in [4.78, 5) is 40.4. The number of ether oxygens (including phenoxy) is 4. The van der Waals surface area contributed by atoms with Gasteiger partial charge in [0.25, 0.3) is 0 Å². The predicted octanol–water partition coefficient (Wildman–Crippen LogP) is 7.58. The maximum absolute atomic E-state index is 13.7. The molecule has 6 aromatic rings. The Kier molecular flexibility index (Phi) is 10.1. The van der Waals surface area contributed by atoms with E-state index >= 15 is 0 Å². The minimum Gasteiger partial charge on any atom is -0.459 e. The summed E-state index contributed by atoms with van der Waals surface area (Å²) in [5.41, 5.74) is 3.45. The number of carbonyl (C=O) groups is 3. The average Bonchev–Trinajstić information content (AvgIpc) is 3.71. The molecule has 10 nitrogen and oxygen atoms in total. The van der Waals surface area contributed by atoms with Crippen LogP contribution in [-0.2, 0) is 18.9 Å². The van der Waals surface area contributed by atoms with E-state index in [1.807, 2.05) is 61.5 Å². The van der Waals surface area contributed by atoms with E-state index in [-0.39, 0.29) is 22.5 Å². The molecule has 0 radical (unpaired) electrons. The number of aryl methyl sites for hydroxylation is 1. The first-order chi connectivity index (χ1) is 25.4. The maximum atomic E-state index is 13.7. The predicted molar refractivity (Wildman–Crippen MR) is 194 cm³/mol. The van der Waals surface area contributed by atoms with Crippen molar-refractivity contribution >= 4 is 30.1 Å². The van der Waals surface area contributed by atoms with Gasteiger partial charge in [-0.2, -0.15) is 0 Å².